The molecule has 19 heavy (non-hydrogen) atoms. The molecule has 0 radical (unpaired) electrons. The molecule has 1 fully saturated rings. The maximum atomic E-state index is 6.35. The third kappa shape index (κ3) is 4.05. The largest absolute Gasteiger partial charge is 0.373 e. The van der Waals surface area contributed by atoms with Crippen molar-refractivity contribution in [2.45, 2.75) is 70.6 Å². The Morgan fingerprint density at radius 2 is 2.16 bits per heavy atom. The van der Waals surface area contributed by atoms with Crippen LogP contribution in [0.5, 0.6) is 0 Å². The van der Waals surface area contributed by atoms with Crippen LogP contribution in [0, 0.1) is 0 Å². The summed E-state index contributed by atoms with van der Waals surface area (Å²) in [5.74, 6) is 0. The minimum Gasteiger partial charge on any atom is -0.373 e. The molecule has 1 atom stereocenters. The molecule has 2 N–H and O–H groups in total. The Bertz CT molecular complexity index is 382. The van der Waals surface area contributed by atoms with Crippen LogP contribution in [0.15, 0.2) is 12.3 Å². The molecule has 1 aromatic heterocycles. The van der Waals surface area contributed by atoms with Crippen LogP contribution < -0.4 is 5.73 Å². The fourth-order valence-corrected chi connectivity index (χ4v) is 2.65. The number of nitrogens with two attached hydrogens (primary N) is 1. The first-order valence-corrected chi connectivity index (χ1v) is 7.53. The molecule has 108 valence electrons. The molecular weight excluding hydrogens is 238 g/mol. The molecule has 0 amide bonds. The van der Waals surface area contributed by atoms with Gasteiger partial charge in [0.05, 0.1) is 18.9 Å². The number of aromatic nitrogens is 2. The Labute approximate surface area is 116 Å². The fraction of sp³-hybridized carbons (Fsp3) is 0.800. The average molecular weight is 265 g/mol. The molecule has 4 heteroatoms. The average Bonchev–Trinajstić information content (AvgIpc) is 2.87. The van der Waals surface area contributed by atoms with Gasteiger partial charge in [0.15, 0.2) is 0 Å². The molecule has 0 aromatic carbocycles. The van der Waals surface area contributed by atoms with Crippen LogP contribution in [0.25, 0.3) is 0 Å². The number of hydrogen-bond donors (Lipinski definition) is 1. The highest BCUT2D eigenvalue weighted by Crippen LogP contribution is 2.26. The van der Waals surface area contributed by atoms with Gasteiger partial charge in [-0.2, -0.15) is 5.10 Å². The topological polar surface area (TPSA) is 53.1 Å². The number of ether oxygens (including phenoxy) is 1. The van der Waals surface area contributed by atoms with E-state index in [0.717, 1.165) is 25.0 Å². The minimum atomic E-state index is -0.0997. The van der Waals surface area contributed by atoms with Gasteiger partial charge in [0, 0.05) is 17.8 Å². The minimum absolute atomic E-state index is 0.0997. The van der Waals surface area contributed by atoms with Gasteiger partial charge in [0.25, 0.3) is 0 Å². The quantitative estimate of drug-likeness (QED) is 0.860. The summed E-state index contributed by atoms with van der Waals surface area (Å²) in [6.45, 7) is 5.57. The van der Waals surface area contributed by atoms with Crippen LogP contribution >= 0.6 is 0 Å². The van der Waals surface area contributed by atoms with E-state index in [1.165, 1.54) is 19.3 Å². The molecule has 0 aliphatic heterocycles. The lowest BCUT2D eigenvalue weighted by atomic mass is 9.83. The Morgan fingerprint density at radius 3 is 2.84 bits per heavy atom. The second kappa shape index (κ2) is 6.53. The van der Waals surface area contributed by atoms with Gasteiger partial charge in [-0.05, 0) is 32.3 Å². The Kier molecular flexibility index (Phi) is 4.99. The van der Waals surface area contributed by atoms with Gasteiger partial charge in [-0.1, -0.05) is 26.2 Å². The summed E-state index contributed by atoms with van der Waals surface area (Å²) in [5.41, 5.74) is 7.25. The van der Waals surface area contributed by atoms with Crippen molar-refractivity contribution >= 4 is 0 Å². The van der Waals surface area contributed by atoms with Crippen LogP contribution in [0.1, 0.15) is 64.1 Å². The van der Waals surface area contributed by atoms with Crippen LogP contribution in [0.4, 0.5) is 0 Å². The first-order chi connectivity index (χ1) is 9.13. The zero-order valence-corrected chi connectivity index (χ0v) is 12.3. The van der Waals surface area contributed by atoms with E-state index in [0.29, 0.717) is 19.3 Å². The Balaban J connectivity index is 1.77. The van der Waals surface area contributed by atoms with Crippen LogP contribution in [0.3, 0.4) is 0 Å². The van der Waals surface area contributed by atoms with Crippen LogP contribution in [0.2, 0.25) is 0 Å². The Morgan fingerprint density at radius 1 is 1.42 bits per heavy atom. The second-order valence-electron chi connectivity index (χ2n) is 5.96. The monoisotopic (exact) mass is 265 g/mol. The third-order valence-electron chi connectivity index (χ3n) is 4.19. The van der Waals surface area contributed by atoms with E-state index in [1.807, 2.05) is 16.9 Å². The zero-order valence-electron chi connectivity index (χ0n) is 12.3. The van der Waals surface area contributed by atoms with E-state index in [1.54, 1.807) is 0 Å². The second-order valence-corrected chi connectivity index (χ2v) is 5.96. The molecule has 1 aromatic rings. The predicted molar refractivity (Wildman–Crippen MR) is 76.9 cm³/mol. The predicted octanol–water partition coefficient (Wildman–Crippen LogP) is 3.03. The van der Waals surface area contributed by atoms with Crippen LogP contribution in [-0.4, -0.2) is 21.9 Å². The van der Waals surface area contributed by atoms with Crippen molar-refractivity contribution in [3.63, 3.8) is 0 Å². The maximum Gasteiger partial charge on any atom is 0.0907 e. The Hall–Kier alpha value is -0.870. The first-order valence-electron chi connectivity index (χ1n) is 7.53. The number of hydrogen-bond acceptors (Lipinski definition) is 3. The van der Waals surface area contributed by atoms with E-state index in [-0.39, 0.29) is 5.54 Å². The molecule has 1 aliphatic rings. The fourth-order valence-electron chi connectivity index (χ4n) is 2.65. The van der Waals surface area contributed by atoms with Gasteiger partial charge >= 0.3 is 0 Å². The molecule has 1 aliphatic carbocycles. The summed E-state index contributed by atoms with van der Waals surface area (Å²) >= 11 is 0. The summed E-state index contributed by atoms with van der Waals surface area (Å²) in [7, 11) is 0. The number of rotatable bonds is 6. The summed E-state index contributed by atoms with van der Waals surface area (Å²) < 4.78 is 7.80. The van der Waals surface area contributed by atoms with Crippen molar-refractivity contribution in [1.82, 2.24) is 9.78 Å². The van der Waals surface area contributed by atoms with E-state index in [4.69, 9.17) is 10.5 Å². The molecule has 1 saturated carbocycles. The molecule has 1 unspecified atom stereocenters. The van der Waals surface area contributed by atoms with Gasteiger partial charge in [-0.25, -0.2) is 0 Å². The molecule has 4 nitrogen and oxygen atoms in total. The summed E-state index contributed by atoms with van der Waals surface area (Å²) in [4.78, 5) is 0. The molecule has 1 heterocycles. The van der Waals surface area contributed by atoms with Gasteiger partial charge < -0.3 is 10.5 Å². The SMILES string of the molecule is CCC(C)n1ccc(COCC2(N)CCCCC2)n1. The van der Waals surface area contributed by atoms with Crippen molar-refractivity contribution in [1.29, 1.82) is 0 Å². The highest BCUT2D eigenvalue weighted by atomic mass is 16.5. The third-order valence-corrected chi connectivity index (χ3v) is 4.19. The highest BCUT2D eigenvalue weighted by molar-refractivity contribution is 4.98. The van der Waals surface area contributed by atoms with E-state index in [9.17, 15) is 0 Å². The van der Waals surface area contributed by atoms with Crippen LogP contribution in [-0.2, 0) is 11.3 Å². The summed E-state index contributed by atoms with van der Waals surface area (Å²) in [5, 5.41) is 4.54. The molecule has 0 saturated heterocycles. The lowest BCUT2D eigenvalue weighted by molar-refractivity contribution is 0.0554. The van der Waals surface area contributed by atoms with E-state index >= 15 is 0 Å². The van der Waals surface area contributed by atoms with Crippen molar-refractivity contribution in [2.24, 2.45) is 5.73 Å². The lowest BCUT2D eigenvalue weighted by Gasteiger charge is -2.32. The standard InChI is InChI=1S/C15H27N3O/c1-3-13(2)18-10-7-14(17-18)11-19-12-15(16)8-5-4-6-9-15/h7,10,13H,3-6,8-9,11-12,16H2,1-2H3. The zero-order chi connectivity index (χ0) is 13.7. The van der Waals surface area contributed by atoms with Gasteiger partial charge in [-0.15, -0.1) is 0 Å². The van der Waals surface area contributed by atoms with Gasteiger partial charge in [0.2, 0.25) is 0 Å². The summed E-state index contributed by atoms with van der Waals surface area (Å²) in [6.07, 6.45) is 9.10. The first kappa shape index (κ1) is 14.5. The van der Waals surface area contributed by atoms with E-state index in [2.05, 4.69) is 18.9 Å². The molecule has 0 bridgehead atoms. The van der Waals surface area contributed by atoms with Crippen molar-refractivity contribution in [2.75, 3.05) is 6.61 Å². The molecular formula is C15H27N3O. The van der Waals surface area contributed by atoms with Gasteiger partial charge in [-0.3, -0.25) is 4.68 Å². The van der Waals surface area contributed by atoms with Crippen molar-refractivity contribution in [3.8, 4) is 0 Å². The normalized spacial score (nSPS) is 20.4. The van der Waals surface area contributed by atoms with Gasteiger partial charge in [0.1, 0.15) is 0 Å². The van der Waals surface area contributed by atoms with Crippen molar-refractivity contribution in [3.05, 3.63) is 18.0 Å². The lowest BCUT2D eigenvalue weighted by Crippen LogP contribution is -2.46. The van der Waals surface area contributed by atoms with Crippen molar-refractivity contribution < 1.29 is 4.74 Å². The smallest absolute Gasteiger partial charge is 0.0907 e. The summed E-state index contributed by atoms with van der Waals surface area (Å²) in [6, 6.07) is 2.49. The maximum absolute atomic E-state index is 6.35. The highest BCUT2D eigenvalue weighted by Gasteiger charge is 2.27. The molecule has 2 rings (SSSR count). The number of nitrogens with zero attached hydrogens (tertiary/aromatic N) is 2. The molecule has 0 spiro atoms. The van der Waals surface area contributed by atoms with E-state index < -0.39 is 0 Å².